The third-order valence-corrected chi connectivity index (χ3v) is 5.88. The van der Waals surface area contributed by atoms with Crippen molar-refractivity contribution in [1.29, 1.82) is 0 Å². The molecule has 3 heterocycles. The molecule has 4 aromatic rings. The van der Waals surface area contributed by atoms with Crippen LogP contribution in [0.15, 0.2) is 60.9 Å². The first-order valence-corrected chi connectivity index (χ1v) is 10.7. The Morgan fingerprint density at radius 3 is 2.73 bits per heavy atom. The van der Waals surface area contributed by atoms with Crippen molar-refractivity contribution >= 4 is 45.6 Å². The number of rotatable bonds is 4. The van der Waals surface area contributed by atoms with Gasteiger partial charge in [-0.25, -0.2) is 4.98 Å². The second kappa shape index (κ2) is 7.74. The lowest BCUT2D eigenvalue weighted by atomic mass is 9.99. The third kappa shape index (κ3) is 3.80. The zero-order chi connectivity index (χ0) is 23.2. The van der Waals surface area contributed by atoms with Crippen LogP contribution >= 0.6 is 0 Å². The van der Waals surface area contributed by atoms with Gasteiger partial charge in [0, 0.05) is 41.1 Å². The summed E-state index contributed by atoms with van der Waals surface area (Å²) in [5.41, 5.74) is 4.33. The highest BCUT2D eigenvalue weighted by Gasteiger charge is 2.38. The molecule has 3 N–H and O–H groups in total. The first-order valence-electron chi connectivity index (χ1n) is 10.7. The molecular formula is C25H24N6O2. The van der Waals surface area contributed by atoms with Gasteiger partial charge in [0.25, 0.3) is 5.91 Å². The van der Waals surface area contributed by atoms with Gasteiger partial charge in [-0.1, -0.05) is 6.07 Å². The van der Waals surface area contributed by atoms with E-state index in [4.69, 9.17) is 0 Å². The molecule has 2 aromatic heterocycles. The van der Waals surface area contributed by atoms with Crippen molar-refractivity contribution in [2.75, 3.05) is 15.5 Å². The van der Waals surface area contributed by atoms with Crippen molar-refractivity contribution in [3.8, 4) is 0 Å². The number of aromatic amines is 1. The molecule has 8 nitrogen and oxygen atoms in total. The first-order chi connectivity index (χ1) is 15.8. The lowest BCUT2D eigenvalue weighted by Crippen LogP contribution is -2.44. The minimum Gasteiger partial charge on any atom is -0.340 e. The van der Waals surface area contributed by atoms with Crippen LogP contribution in [0, 0.1) is 0 Å². The van der Waals surface area contributed by atoms with Gasteiger partial charge in [-0.15, -0.1) is 0 Å². The minimum absolute atomic E-state index is 0.0183. The van der Waals surface area contributed by atoms with Gasteiger partial charge in [-0.3, -0.25) is 14.7 Å². The number of aromatic nitrogens is 3. The average molecular weight is 441 g/mol. The van der Waals surface area contributed by atoms with E-state index in [-0.39, 0.29) is 17.4 Å². The molecule has 0 bridgehead atoms. The van der Waals surface area contributed by atoms with E-state index in [0.29, 0.717) is 17.1 Å². The van der Waals surface area contributed by atoms with E-state index < -0.39 is 0 Å². The summed E-state index contributed by atoms with van der Waals surface area (Å²) in [5, 5.41) is 14.1. The number of nitrogens with one attached hydrogen (secondary N) is 3. The Kier molecular flexibility index (Phi) is 4.85. The molecule has 0 spiro atoms. The predicted molar refractivity (Wildman–Crippen MR) is 129 cm³/mol. The number of carbonyl (C=O) groups is 2. The normalized spacial score (nSPS) is 14.2. The van der Waals surface area contributed by atoms with Gasteiger partial charge in [0.05, 0.1) is 17.3 Å². The van der Waals surface area contributed by atoms with Crippen molar-refractivity contribution in [1.82, 2.24) is 15.2 Å². The molecule has 5 rings (SSSR count). The maximum absolute atomic E-state index is 13.2. The summed E-state index contributed by atoms with van der Waals surface area (Å²) in [6.07, 6.45) is 4.16. The van der Waals surface area contributed by atoms with Crippen molar-refractivity contribution in [2.24, 2.45) is 0 Å². The molecule has 0 fully saturated rings. The summed E-state index contributed by atoms with van der Waals surface area (Å²) in [6, 6.07) is 14.9. The Morgan fingerprint density at radius 2 is 1.91 bits per heavy atom. The lowest BCUT2D eigenvalue weighted by molar-refractivity contribution is -0.117. The van der Waals surface area contributed by atoms with Crippen molar-refractivity contribution in [2.45, 2.75) is 32.7 Å². The monoisotopic (exact) mass is 440 g/mol. The van der Waals surface area contributed by atoms with E-state index in [0.717, 1.165) is 34.3 Å². The fourth-order valence-corrected chi connectivity index (χ4v) is 4.50. The van der Waals surface area contributed by atoms with Crippen LogP contribution in [-0.4, -0.2) is 32.5 Å². The van der Waals surface area contributed by atoms with Gasteiger partial charge < -0.3 is 15.5 Å². The van der Waals surface area contributed by atoms with Crippen LogP contribution in [0.2, 0.25) is 0 Å². The number of fused-ring (bicyclic) bond motifs is 2. The quantitative estimate of drug-likeness (QED) is 0.429. The molecule has 0 unspecified atom stereocenters. The smallest absolute Gasteiger partial charge is 0.259 e. The molecule has 0 atom stereocenters. The first kappa shape index (κ1) is 20.7. The largest absolute Gasteiger partial charge is 0.340 e. The maximum atomic E-state index is 13.2. The number of hydrogen-bond acceptors (Lipinski definition) is 5. The molecule has 8 heteroatoms. The molecule has 0 radical (unpaired) electrons. The van der Waals surface area contributed by atoms with Gasteiger partial charge >= 0.3 is 0 Å². The average Bonchev–Trinajstić information content (AvgIpc) is 3.33. The molecular weight excluding hydrogens is 416 g/mol. The fraction of sp³-hybridized carbons (Fsp3) is 0.200. The van der Waals surface area contributed by atoms with Crippen LogP contribution in [0.1, 0.15) is 36.7 Å². The van der Waals surface area contributed by atoms with Crippen molar-refractivity contribution in [3.63, 3.8) is 0 Å². The summed E-state index contributed by atoms with van der Waals surface area (Å²) in [7, 11) is 0. The molecule has 2 aromatic carbocycles. The van der Waals surface area contributed by atoms with Crippen LogP contribution in [0.4, 0.5) is 22.9 Å². The summed E-state index contributed by atoms with van der Waals surface area (Å²) < 4.78 is 0. The van der Waals surface area contributed by atoms with Gasteiger partial charge in [0.15, 0.2) is 0 Å². The number of nitrogens with zero attached hydrogens (tertiary/aromatic N) is 3. The van der Waals surface area contributed by atoms with E-state index in [2.05, 4.69) is 25.8 Å². The standard InChI is InChI=1S/C25H24N6O2/c1-15(32)31-22-12-19(8-6-16(22)13-25(31,2)3)29-24(33)20-5-4-10-26-23(20)28-18-9-7-17-14-27-30-21(17)11-18/h4-12,14H,13H2,1-3H3,(H,26,28)(H,27,30)(H,29,33). The Balaban J connectivity index is 1.40. The van der Waals surface area contributed by atoms with E-state index in [9.17, 15) is 9.59 Å². The van der Waals surface area contributed by atoms with E-state index in [1.807, 2.05) is 50.2 Å². The fourth-order valence-electron chi connectivity index (χ4n) is 4.50. The number of anilines is 4. The molecule has 0 saturated carbocycles. The molecule has 2 amide bonds. The highest BCUT2D eigenvalue weighted by molar-refractivity contribution is 6.08. The minimum atomic E-state index is -0.299. The number of H-pyrrole nitrogens is 1. The van der Waals surface area contributed by atoms with E-state index in [1.54, 1.807) is 36.4 Å². The SMILES string of the molecule is CC(=O)N1c2cc(NC(=O)c3cccnc3Nc3ccc4cn[nH]c4c3)ccc2CC1(C)C. The molecule has 33 heavy (non-hydrogen) atoms. The Labute approximate surface area is 191 Å². The zero-order valence-electron chi connectivity index (χ0n) is 18.6. The molecule has 0 saturated heterocycles. The van der Waals surface area contributed by atoms with E-state index in [1.165, 1.54) is 0 Å². The van der Waals surface area contributed by atoms with Crippen LogP contribution in [0.3, 0.4) is 0 Å². The van der Waals surface area contributed by atoms with Crippen LogP contribution in [-0.2, 0) is 11.2 Å². The molecule has 0 aliphatic carbocycles. The third-order valence-electron chi connectivity index (χ3n) is 5.88. The number of carbonyl (C=O) groups excluding carboxylic acids is 2. The zero-order valence-corrected chi connectivity index (χ0v) is 18.6. The van der Waals surface area contributed by atoms with Gasteiger partial charge in [0.1, 0.15) is 5.82 Å². The summed E-state index contributed by atoms with van der Waals surface area (Å²) in [6.45, 7) is 5.65. The second-order valence-corrected chi connectivity index (χ2v) is 8.84. The highest BCUT2D eigenvalue weighted by atomic mass is 16.2. The number of pyridine rings is 1. The van der Waals surface area contributed by atoms with Gasteiger partial charge in [-0.2, -0.15) is 5.10 Å². The molecule has 1 aliphatic rings. The Bertz CT molecular complexity index is 1390. The molecule has 166 valence electrons. The maximum Gasteiger partial charge on any atom is 0.259 e. The number of hydrogen-bond donors (Lipinski definition) is 3. The summed E-state index contributed by atoms with van der Waals surface area (Å²) in [4.78, 5) is 31.6. The Hall–Kier alpha value is -4.20. The van der Waals surface area contributed by atoms with Crippen molar-refractivity contribution < 1.29 is 9.59 Å². The summed E-state index contributed by atoms with van der Waals surface area (Å²) in [5.74, 6) is 0.136. The predicted octanol–water partition coefficient (Wildman–Crippen LogP) is 4.64. The lowest BCUT2D eigenvalue weighted by Gasteiger charge is -2.31. The second-order valence-electron chi connectivity index (χ2n) is 8.84. The highest BCUT2D eigenvalue weighted by Crippen LogP contribution is 2.40. The number of benzene rings is 2. The van der Waals surface area contributed by atoms with Crippen molar-refractivity contribution in [3.05, 3.63) is 72.1 Å². The summed E-state index contributed by atoms with van der Waals surface area (Å²) >= 11 is 0. The van der Waals surface area contributed by atoms with Crippen LogP contribution in [0.5, 0.6) is 0 Å². The van der Waals surface area contributed by atoms with Gasteiger partial charge in [0.2, 0.25) is 5.91 Å². The topological polar surface area (TPSA) is 103 Å². The van der Waals surface area contributed by atoms with Crippen LogP contribution in [0.25, 0.3) is 10.9 Å². The number of amides is 2. The van der Waals surface area contributed by atoms with E-state index >= 15 is 0 Å². The Morgan fingerprint density at radius 1 is 1.09 bits per heavy atom. The van der Waals surface area contributed by atoms with Crippen LogP contribution < -0.4 is 15.5 Å². The van der Waals surface area contributed by atoms with Gasteiger partial charge in [-0.05, 0) is 68.3 Å². The molecule has 1 aliphatic heterocycles.